The van der Waals surface area contributed by atoms with Crippen LogP contribution in [0, 0.1) is 5.82 Å². The fourth-order valence-electron chi connectivity index (χ4n) is 3.73. The predicted octanol–water partition coefficient (Wildman–Crippen LogP) is 4.11. The van der Waals surface area contributed by atoms with Crippen molar-refractivity contribution in [3.8, 4) is 0 Å². The molecule has 0 saturated carbocycles. The molecule has 4 rings (SSSR count). The number of carbonyl (C=O) groups excluding carboxylic acids is 1. The van der Waals surface area contributed by atoms with E-state index >= 15 is 0 Å². The summed E-state index contributed by atoms with van der Waals surface area (Å²) in [4.78, 5) is 35.3. The predicted molar refractivity (Wildman–Crippen MR) is 125 cm³/mol. The van der Waals surface area contributed by atoms with Crippen LogP contribution in [0.1, 0.15) is 16.8 Å². The lowest BCUT2D eigenvalue weighted by Crippen LogP contribution is -2.49. The first-order valence-electron chi connectivity index (χ1n) is 10.8. The third-order valence-corrected chi connectivity index (χ3v) is 6.51. The molecule has 6 nitrogen and oxygen atoms in total. The first-order chi connectivity index (χ1) is 16.7. The second-order valence-electron chi connectivity index (χ2n) is 8.05. The number of benzene rings is 2. The summed E-state index contributed by atoms with van der Waals surface area (Å²) < 4.78 is 52.0. The molecule has 1 saturated heterocycles. The van der Waals surface area contributed by atoms with Gasteiger partial charge in [0.05, 0.1) is 17.7 Å². The molecule has 1 fully saturated rings. The molecule has 1 aromatic heterocycles. The molecule has 1 amide bonds. The largest absolute Gasteiger partial charge is 0.416 e. The molecular weight excluding hydrogens is 484 g/mol. The van der Waals surface area contributed by atoms with Crippen molar-refractivity contribution in [2.75, 3.05) is 31.1 Å². The second-order valence-corrected chi connectivity index (χ2v) is 9.01. The van der Waals surface area contributed by atoms with Gasteiger partial charge >= 0.3 is 6.18 Å². The fourth-order valence-corrected chi connectivity index (χ4v) is 4.58. The van der Waals surface area contributed by atoms with Crippen LogP contribution in [0.3, 0.4) is 0 Å². The zero-order valence-electron chi connectivity index (χ0n) is 18.5. The Labute approximate surface area is 203 Å². The highest BCUT2D eigenvalue weighted by atomic mass is 32.2. The Morgan fingerprint density at radius 3 is 2.43 bits per heavy atom. The number of piperazine rings is 1. The third kappa shape index (κ3) is 6.62. The summed E-state index contributed by atoms with van der Waals surface area (Å²) in [5, 5.41) is 0.360. The summed E-state index contributed by atoms with van der Waals surface area (Å²) in [5.74, 6) is -0.0688. The minimum atomic E-state index is -4.41. The lowest BCUT2D eigenvalue weighted by molar-refractivity contribution is -0.137. The van der Waals surface area contributed by atoms with Crippen molar-refractivity contribution in [3.05, 3.63) is 87.6 Å². The van der Waals surface area contributed by atoms with Crippen LogP contribution in [-0.4, -0.2) is 47.0 Å². The number of nitrogens with zero attached hydrogens (tertiary/aromatic N) is 3. The van der Waals surface area contributed by atoms with Gasteiger partial charge in [-0.2, -0.15) is 13.2 Å². The molecule has 0 bridgehead atoms. The molecule has 0 aliphatic carbocycles. The number of hydrogen-bond donors (Lipinski definition) is 1. The average Bonchev–Trinajstić information content (AvgIpc) is 2.83. The maximum Gasteiger partial charge on any atom is 0.416 e. The van der Waals surface area contributed by atoms with Crippen LogP contribution in [0.15, 0.2) is 64.5 Å². The first kappa shape index (κ1) is 24.8. The molecule has 0 unspecified atom stereocenters. The second kappa shape index (κ2) is 10.5. The van der Waals surface area contributed by atoms with E-state index in [2.05, 4.69) is 9.97 Å². The van der Waals surface area contributed by atoms with E-state index in [0.717, 1.165) is 17.7 Å². The van der Waals surface area contributed by atoms with Crippen LogP contribution in [0.4, 0.5) is 23.2 Å². The quantitative estimate of drug-likeness (QED) is 0.310. The number of amides is 1. The zero-order valence-corrected chi connectivity index (χ0v) is 19.3. The highest BCUT2D eigenvalue weighted by molar-refractivity contribution is 7.98. The summed E-state index contributed by atoms with van der Waals surface area (Å²) >= 11 is 1.27. The van der Waals surface area contributed by atoms with E-state index in [-0.39, 0.29) is 23.7 Å². The van der Waals surface area contributed by atoms with Gasteiger partial charge in [-0.25, -0.2) is 9.37 Å². The Bertz CT molecular complexity index is 1240. The maximum atomic E-state index is 13.1. The summed E-state index contributed by atoms with van der Waals surface area (Å²) in [6.45, 7) is 1.50. The van der Waals surface area contributed by atoms with Gasteiger partial charge < -0.3 is 14.8 Å². The zero-order chi connectivity index (χ0) is 25.0. The van der Waals surface area contributed by atoms with Gasteiger partial charge in [0.1, 0.15) is 5.82 Å². The Balaban J connectivity index is 1.34. The fraction of sp³-hybridized carbons (Fsp3) is 0.292. The summed E-state index contributed by atoms with van der Waals surface area (Å²) in [7, 11) is 0. The van der Waals surface area contributed by atoms with Crippen molar-refractivity contribution in [3.63, 3.8) is 0 Å². The van der Waals surface area contributed by atoms with Crippen LogP contribution in [0.25, 0.3) is 0 Å². The van der Waals surface area contributed by atoms with Crippen LogP contribution in [0.2, 0.25) is 0 Å². The van der Waals surface area contributed by atoms with Crippen LogP contribution in [-0.2, 0) is 23.1 Å². The number of nitrogens with one attached hydrogen (secondary N) is 1. The molecule has 0 radical (unpaired) electrons. The lowest BCUT2D eigenvalue weighted by atomic mass is 10.1. The Morgan fingerprint density at radius 1 is 1.03 bits per heavy atom. The first-order valence-corrected chi connectivity index (χ1v) is 11.8. The molecule has 2 heterocycles. The van der Waals surface area contributed by atoms with E-state index in [0.29, 0.717) is 48.5 Å². The highest BCUT2D eigenvalue weighted by Crippen LogP contribution is 2.32. The van der Waals surface area contributed by atoms with Crippen LogP contribution >= 0.6 is 11.8 Å². The normalized spacial score (nSPS) is 14.3. The molecule has 0 spiro atoms. The van der Waals surface area contributed by atoms with Crippen molar-refractivity contribution in [2.45, 2.75) is 23.5 Å². The van der Waals surface area contributed by atoms with Crippen molar-refractivity contribution in [2.24, 2.45) is 0 Å². The van der Waals surface area contributed by atoms with Crippen LogP contribution < -0.4 is 10.5 Å². The van der Waals surface area contributed by atoms with Gasteiger partial charge in [0.25, 0.3) is 5.56 Å². The van der Waals surface area contributed by atoms with E-state index in [1.165, 1.54) is 36.0 Å². The molecule has 2 aromatic carbocycles. The molecule has 1 N–H and O–H groups in total. The number of alkyl halides is 3. The molecule has 35 heavy (non-hydrogen) atoms. The number of H-pyrrole nitrogens is 1. The van der Waals surface area contributed by atoms with E-state index < -0.39 is 11.7 Å². The topological polar surface area (TPSA) is 69.3 Å². The Hall–Kier alpha value is -3.34. The molecular formula is C24H22F4N4O2S. The van der Waals surface area contributed by atoms with Gasteiger partial charge in [-0.3, -0.25) is 9.59 Å². The van der Waals surface area contributed by atoms with Gasteiger partial charge in [-0.1, -0.05) is 30.0 Å². The van der Waals surface area contributed by atoms with Crippen molar-refractivity contribution in [1.82, 2.24) is 14.9 Å². The van der Waals surface area contributed by atoms with E-state index in [9.17, 15) is 27.2 Å². The molecule has 3 aromatic rings. The molecule has 0 atom stereocenters. The Kier molecular flexibility index (Phi) is 7.44. The highest BCUT2D eigenvalue weighted by Gasteiger charge is 2.31. The number of aromatic amines is 1. The number of thioether (sulfide) groups is 1. The smallest absolute Gasteiger partial charge is 0.368 e. The minimum absolute atomic E-state index is 0.0579. The number of hydrogen-bond acceptors (Lipinski definition) is 5. The Morgan fingerprint density at radius 2 is 1.74 bits per heavy atom. The standard InChI is InChI=1S/C24H22F4N4O2S/c25-18-6-4-16(5-7-18)15-35-23-29-19(13-21(33)30-23)14-22(34)32-10-8-31(9-11-32)20-3-1-2-17(12-20)24(26,27)28/h1-7,12-13H,8-11,14-15H2,(H,29,30,33). The molecule has 1 aliphatic heterocycles. The molecule has 184 valence electrons. The number of halogens is 4. The molecule has 11 heteroatoms. The van der Waals surface area contributed by atoms with Crippen LogP contribution in [0.5, 0.6) is 0 Å². The van der Waals surface area contributed by atoms with Gasteiger partial charge in [0, 0.05) is 43.7 Å². The van der Waals surface area contributed by atoms with Crippen molar-refractivity contribution < 1.29 is 22.4 Å². The lowest BCUT2D eigenvalue weighted by Gasteiger charge is -2.36. The number of carbonyl (C=O) groups is 1. The van der Waals surface area contributed by atoms with Crippen molar-refractivity contribution in [1.29, 1.82) is 0 Å². The van der Waals surface area contributed by atoms with E-state index in [1.807, 2.05) is 4.90 Å². The van der Waals surface area contributed by atoms with Crippen molar-refractivity contribution >= 4 is 23.4 Å². The summed E-state index contributed by atoms with van der Waals surface area (Å²) in [6, 6.07) is 12.4. The SMILES string of the molecule is O=C(Cc1cc(=O)[nH]c(SCc2ccc(F)cc2)n1)N1CCN(c2cccc(C(F)(F)F)c2)CC1. The maximum absolute atomic E-state index is 13.1. The van der Waals surface area contributed by atoms with E-state index in [1.54, 1.807) is 23.1 Å². The van der Waals surface area contributed by atoms with Gasteiger partial charge in [0.15, 0.2) is 5.16 Å². The number of rotatable bonds is 6. The third-order valence-electron chi connectivity index (χ3n) is 5.57. The average molecular weight is 507 g/mol. The van der Waals surface area contributed by atoms with E-state index in [4.69, 9.17) is 0 Å². The monoisotopic (exact) mass is 506 g/mol. The van der Waals surface area contributed by atoms with Gasteiger partial charge in [0.2, 0.25) is 5.91 Å². The molecule has 1 aliphatic rings. The number of anilines is 1. The van der Waals surface area contributed by atoms with Gasteiger partial charge in [-0.05, 0) is 35.9 Å². The van der Waals surface area contributed by atoms with Gasteiger partial charge in [-0.15, -0.1) is 0 Å². The number of aromatic nitrogens is 2. The summed E-state index contributed by atoms with van der Waals surface area (Å²) in [5.41, 5.74) is 0.576. The summed E-state index contributed by atoms with van der Waals surface area (Å²) in [6.07, 6.45) is -4.47. The minimum Gasteiger partial charge on any atom is -0.368 e.